The molecule has 4 atom stereocenters. The minimum Gasteiger partial charge on any atom is -0.458 e. The van der Waals surface area contributed by atoms with Crippen LogP contribution in [0, 0.1) is 5.92 Å². The van der Waals surface area contributed by atoms with Gasteiger partial charge in [-0.1, -0.05) is 19.1 Å². The molecule has 31 heavy (non-hydrogen) atoms. The highest BCUT2D eigenvalue weighted by Gasteiger charge is 2.59. The molecule has 0 aromatic heterocycles. The quantitative estimate of drug-likeness (QED) is 0.484. The van der Waals surface area contributed by atoms with Gasteiger partial charge in [-0.15, -0.1) is 0 Å². The summed E-state index contributed by atoms with van der Waals surface area (Å²) in [6.07, 6.45) is 2.81. The number of likely N-dealkylation sites (tertiary alicyclic amines) is 1. The van der Waals surface area contributed by atoms with Crippen molar-refractivity contribution in [2.75, 3.05) is 0 Å². The summed E-state index contributed by atoms with van der Waals surface area (Å²) < 4.78 is 11.2. The van der Waals surface area contributed by atoms with Crippen molar-refractivity contribution < 1.29 is 29.0 Å². The number of esters is 1. The first-order valence-electron chi connectivity index (χ1n) is 10.9. The minimum absolute atomic E-state index is 0.0522. The van der Waals surface area contributed by atoms with Crippen molar-refractivity contribution in [1.82, 2.24) is 10.2 Å². The van der Waals surface area contributed by atoms with Crippen LogP contribution in [0.1, 0.15) is 81.6 Å². The monoisotopic (exact) mass is 440 g/mol. The molecule has 1 heterocycles. The first-order valence-corrected chi connectivity index (χ1v) is 10.9. The zero-order valence-electron chi connectivity index (χ0n) is 20.4. The van der Waals surface area contributed by atoms with Crippen LogP contribution in [-0.2, 0) is 19.1 Å². The van der Waals surface area contributed by atoms with Crippen molar-refractivity contribution in [3.05, 3.63) is 12.2 Å². The number of carbonyl (C=O) groups is 3. The van der Waals surface area contributed by atoms with Crippen molar-refractivity contribution in [3.63, 3.8) is 0 Å². The average molecular weight is 441 g/mol. The number of amides is 2. The van der Waals surface area contributed by atoms with Crippen LogP contribution in [0.15, 0.2) is 12.2 Å². The number of rotatable bonds is 6. The van der Waals surface area contributed by atoms with Crippen molar-refractivity contribution in [2.24, 2.45) is 5.92 Å². The van der Waals surface area contributed by atoms with Gasteiger partial charge in [0.25, 0.3) is 0 Å². The average Bonchev–Trinajstić information content (AvgIpc) is 2.85. The van der Waals surface area contributed by atoms with E-state index in [2.05, 4.69) is 5.32 Å². The number of nitrogens with zero attached hydrogens (tertiary/aromatic N) is 1. The molecule has 0 bridgehead atoms. The molecule has 8 nitrogen and oxygen atoms in total. The molecule has 1 rings (SSSR count). The fraction of sp³-hybridized carbons (Fsp3) is 0.783. The largest absolute Gasteiger partial charge is 0.458 e. The van der Waals surface area contributed by atoms with Gasteiger partial charge in [0, 0.05) is 19.3 Å². The molecule has 178 valence electrons. The van der Waals surface area contributed by atoms with Gasteiger partial charge in [0.1, 0.15) is 22.9 Å². The Morgan fingerprint density at radius 3 is 2.13 bits per heavy atom. The lowest BCUT2D eigenvalue weighted by molar-refractivity contribution is -0.162. The number of ether oxygens (including phenoxy) is 2. The van der Waals surface area contributed by atoms with E-state index in [1.807, 2.05) is 26.0 Å². The summed E-state index contributed by atoms with van der Waals surface area (Å²) in [4.78, 5) is 40.1. The van der Waals surface area contributed by atoms with E-state index in [-0.39, 0.29) is 18.7 Å². The van der Waals surface area contributed by atoms with Gasteiger partial charge in [-0.2, -0.15) is 0 Å². The van der Waals surface area contributed by atoms with Gasteiger partial charge in [0.05, 0.1) is 6.10 Å². The summed E-state index contributed by atoms with van der Waals surface area (Å²) in [6.45, 7) is 15.4. The number of hydrogen-bond acceptors (Lipinski definition) is 6. The third kappa shape index (κ3) is 7.23. The molecule has 1 aliphatic heterocycles. The number of allylic oxidation sites excluding steroid dienone is 1. The molecule has 1 saturated heterocycles. The molecule has 8 heteroatoms. The molecule has 1 fully saturated rings. The molecular formula is C23H40N2O6. The number of aliphatic hydroxyl groups excluding tert-OH is 1. The number of aliphatic hydroxyl groups is 1. The van der Waals surface area contributed by atoms with Gasteiger partial charge in [-0.25, -0.2) is 9.59 Å². The highest BCUT2D eigenvalue weighted by atomic mass is 16.6. The first kappa shape index (κ1) is 26.9. The molecule has 0 unspecified atom stereocenters. The zero-order valence-corrected chi connectivity index (χ0v) is 20.4. The third-order valence-corrected chi connectivity index (χ3v) is 4.94. The van der Waals surface area contributed by atoms with Crippen molar-refractivity contribution in [1.29, 1.82) is 0 Å². The van der Waals surface area contributed by atoms with Gasteiger partial charge in [-0.3, -0.25) is 9.69 Å². The van der Waals surface area contributed by atoms with E-state index in [4.69, 9.17) is 9.47 Å². The van der Waals surface area contributed by atoms with Gasteiger partial charge in [0.2, 0.25) is 5.91 Å². The van der Waals surface area contributed by atoms with Crippen LogP contribution in [0.4, 0.5) is 4.79 Å². The van der Waals surface area contributed by atoms with Gasteiger partial charge < -0.3 is 19.9 Å². The maximum absolute atomic E-state index is 13.4. The molecule has 0 aliphatic carbocycles. The Balaban J connectivity index is 3.66. The minimum atomic E-state index is -1.34. The van der Waals surface area contributed by atoms with Crippen LogP contribution >= 0.6 is 0 Å². The Hall–Kier alpha value is -2.09. The summed E-state index contributed by atoms with van der Waals surface area (Å²) >= 11 is 0. The number of carbonyl (C=O) groups excluding carboxylic acids is 3. The lowest BCUT2D eigenvalue weighted by Gasteiger charge is -2.44. The van der Waals surface area contributed by atoms with Crippen LogP contribution in [0.5, 0.6) is 0 Å². The van der Waals surface area contributed by atoms with E-state index in [9.17, 15) is 19.5 Å². The molecule has 0 saturated carbocycles. The second kappa shape index (κ2) is 10.0. The van der Waals surface area contributed by atoms with Crippen molar-refractivity contribution in [2.45, 2.75) is 111 Å². The van der Waals surface area contributed by atoms with Crippen LogP contribution in [0.25, 0.3) is 0 Å². The lowest BCUT2D eigenvalue weighted by atomic mass is 9.86. The van der Waals surface area contributed by atoms with Crippen LogP contribution in [0.3, 0.4) is 0 Å². The molecule has 2 N–H and O–H groups in total. The molecule has 0 spiro atoms. The summed E-state index contributed by atoms with van der Waals surface area (Å²) in [5.74, 6) is -1.38. The van der Waals surface area contributed by atoms with E-state index >= 15 is 0 Å². The number of hydrogen-bond donors (Lipinski definition) is 2. The molecule has 0 radical (unpaired) electrons. The number of nitrogens with one attached hydrogen (secondary N) is 1. The smallest absolute Gasteiger partial charge is 0.412 e. The van der Waals surface area contributed by atoms with Crippen LogP contribution in [-0.4, -0.2) is 57.0 Å². The third-order valence-electron chi connectivity index (χ3n) is 4.94. The highest BCUT2D eigenvalue weighted by molar-refractivity contribution is 5.84. The Kier molecular flexibility index (Phi) is 8.71. The SMILES string of the molecule is CC=C[C@@H]1C[C@H](C(=O)OC(C)(C)C)N(C(=O)OC(C)(C)C)[C@@]1(C[C@H](O)CC)NC(C)=O. The second-order valence-electron chi connectivity index (χ2n) is 10.1. The maximum atomic E-state index is 13.4. The summed E-state index contributed by atoms with van der Waals surface area (Å²) in [7, 11) is 0. The molecule has 2 amide bonds. The van der Waals surface area contributed by atoms with Crippen LogP contribution in [0.2, 0.25) is 0 Å². The van der Waals surface area contributed by atoms with E-state index in [0.29, 0.717) is 6.42 Å². The fourth-order valence-corrected chi connectivity index (χ4v) is 3.90. The molecule has 1 aliphatic rings. The van der Waals surface area contributed by atoms with Crippen molar-refractivity contribution in [3.8, 4) is 0 Å². The Labute approximate surface area is 186 Å². The predicted molar refractivity (Wildman–Crippen MR) is 118 cm³/mol. The van der Waals surface area contributed by atoms with Gasteiger partial charge >= 0.3 is 12.1 Å². The Bertz CT molecular complexity index is 691. The van der Waals surface area contributed by atoms with E-state index in [1.165, 1.54) is 11.8 Å². The topological polar surface area (TPSA) is 105 Å². The predicted octanol–water partition coefficient (Wildman–Crippen LogP) is 3.52. The van der Waals surface area contributed by atoms with Crippen LogP contribution < -0.4 is 5.32 Å². The van der Waals surface area contributed by atoms with Gasteiger partial charge in [-0.05, 0) is 61.3 Å². The van der Waals surface area contributed by atoms with E-state index < -0.39 is 47.0 Å². The standard InChI is InChI=1S/C23H40N2O6/c1-10-12-16-13-18(19(28)30-21(4,5)6)25(20(29)31-22(7,8)9)23(16,24-15(3)26)14-17(27)11-2/h10,12,16-18,27H,11,13-14H2,1-9H3,(H,24,26)/t16-,17-,18-,23-/m1/s1. The summed E-state index contributed by atoms with van der Waals surface area (Å²) in [5, 5.41) is 13.4. The molecule has 0 aromatic rings. The van der Waals surface area contributed by atoms with Gasteiger partial charge in [0.15, 0.2) is 0 Å². The molecular weight excluding hydrogens is 400 g/mol. The maximum Gasteiger partial charge on any atom is 0.412 e. The zero-order chi connectivity index (χ0) is 24.2. The lowest BCUT2D eigenvalue weighted by Crippen LogP contribution is -2.65. The Morgan fingerprint density at radius 1 is 1.16 bits per heavy atom. The first-order chi connectivity index (χ1) is 14.1. The van der Waals surface area contributed by atoms with Crippen molar-refractivity contribution >= 4 is 18.0 Å². The molecule has 0 aromatic carbocycles. The highest BCUT2D eigenvalue weighted by Crippen LogP contribution is 2.43. The van der Waals surface area contributed by atoms with E-state index in [1.54, 1.807) is 41.5 Å². The summed E-state index contributed by atoms with van der Waals surface area (Å²) in [5.41, 5.74) is -2.91. The fourth-order valence-electron chi connectivity index (χ4n) is 3.90. The van der Waals surface area contributed by atoms with E-state index in [0.717, 1.165) is 0 Å². The normalized spacial score (nSPS) is 25.4. The second-order valence-corrected chi connectivity index (χ2v) is 10.1. The Morgan fingerprint density at radius 2 is 1.71 bits per heavy atom. The summed E-state index contributed by atoms with van der Waals surface area (Å²) in [6, 6.07) is -0.980.